The Bertz CT molecular complexity index is 506. The van der Waals surface area contributed by atoms with E-state index in [1.165, 1.54) is 18.2 Å². The summed E-state index contributed by atoms with van der Waals surface area (Å²) < 4.78 is 48.6. The van der Waals surface area contributed by atoms with E-state index < -0.39 is 17.7 Å². The molecule has 7 heteroatoms. The molecule has 0 saturated carbocycles. The van der Waals surface area contributed by atoms with Crippen molar-refractivity contribution in [3.63, 3.8) is 0 Å². The molecule has 1 N–H and O–H groups in total. The molecule has 0 amide bonds. The number of hydrogen-bond acceptors (Lipinski definition) is 2. The van der Waals surface area contributed by atoms with Crippen molar-refractivity contribution < 1.29 is 17.6 Å². The molecule has 0 unspecified atom stereocenters. The predicted octanol–water partition coefficient (Wildman–Crippen LogP) is 3.36. The number of H-pyrrole nitrogens is 1. The predicted molar refractivity (Wildman–Crippen MR) is 52.8 cm³/mol. The Morgan fingerprint density at radius 1 is 1.31 bits per heavy atom. The number of nitrogens with zero attached hydrogens (tertiary/aromatic N) is 1. The van der Waals surface area contributed by atoms with E-state index in [-0.39, 0.29) is 5.16 Å². The molecule has 1 aromatic carbocycles. The highest BCUT2D eigenvalue weighted by Gasteiger charge is 2.27. The fraction of sp³-hybridized carbons (Fsp3) is 0.222. The average Bonchev–Trinajstić information content (AvgIpc) is 2.55. The lowest BCUT2D eigenvalue weighted by Gasteiger charge is -2.02. The second kappa shape index (κ2) is 3.97. The number of imidazole rings is 1. The maximum atomic E-state index is 12.8. The molecule has 0 aliphatic carbocycles. The summed E-state index contributed by atoms with van der Waals surface area (Å²) in [5.74, 6) is -1.48. The number of aromatic amines is 1. The minimum atomic E-state index is -4.24. The van der Waals surface area contributed by atoms with Gasteiger partial charge in [-0.3, -0.25) is 0 Å². The van der Waals surface area contributed by atoms with Gasteiger partial charge in [-0.05, 0) is 12.1 Å². The Balaban J connectivity index is 2.20. The van der Waals surface area contributed by atoms with Crippen molar-refractivity contribution in [3.8, 4) is 0 Å². The van der Waals surface area contributed by atoms with Crippen LogP contribution in [0.2, 0.25) is 0 Å². The summed E-state index contributed by atoms with van der Waals surface area (Å²) in [5.41, 5.74) is 0.843. The van der Waals surface area contributed by atoms with Gasteiger partial charge in [-0.1, -0.05) is 11.8 Å². The molecule has 1 heterocycles. The Labute approximate surface area is 92.1 Å². The van der Waals surface area contributed by atoms with E-state index in [2.05, 4.69) is 9.97 Å². The molecule has 0 aliphatic heterocycles. The highest BCUT2D eigenvalue weighted by atomic mass is 32.2. The van der Waals surface area contributed by atoms with Crippen molar-refractivity contribution in [2.75, 3.05) is 5.75 Å². The van der Waals surface area contributed by atoms with Crippen LogP contribution in [-0.2, 0) is 0 Å². The van der Waals surface area contributed by atoms with Gasteiger partial charge in [0.2, 0.25) is 0 Å². The SMILES string of the molecule is Fc1ccc2[nH]c(SCC(F)(F)F)nc2c1. The van der Waals surface area contributed by atoms with E-state index in [0.717, 1.165) is 0 Å². The van der Waals surface area contributed by atoms with Gasteiger partial charge in [-0.25, -0.2) is 9.37 Å². The normalized spacial score (nSPS) is 12.2. The summed E-state index contributed by atoms with van der Waals surface area (Å²) in [4.78, 5) is 6.52. The molecule has 2 rings (SSSR count). The molecular weight excluding hydrogens is 244 g/mol. The quantitative estimate of drug-likeness (QED) is 0.654. The van der Waals surface area contributed by atoms with Gasteiger partial charge in [-0.15, -0.1) is 0 Å². The second-order valence-corrected chi connectivity index (χ2v) is 4.07. The van der Waals surface area contributed by atoms with Gasteiger partial charge in [0.05, 0.1) is 16.8 Å². The topological polar surface area (TPSA) is 28.7 Å². The van der Waals surface area contributed by atoms with Crippen LogP contribution < -0.4 is 0 Å². The first kappa shape index (κ1) is 11.3. The molecule has 0 fully saturated rings. The first-order chi connectivity index (χ1) is 7.44. The van der Waals surface area contributed by atoms with E-state index in [1.54, 1.807) is 0 Å². The summed E-state index contributed by atoms with van der Waals surface area (Å²) in [6, 6.07) is 3.83. The van der Waals surface area contributed by atoms with Gasteiger partial charge in [0, 0.05) is 6.07 Å². The first-order valence-electron chi connectivity index (χ1n) is 4.29. The fourth-order valence-electron chi connectivity index (χ4n) is 1.17. The van der Waals surface area contributed by atoms with Crippen LogP contribution in [0, 0.1) is 5.82 Å². The maximum absolute atomic E-state index is 12.8. The molecule has 0 aliphatic rings. The van der Waals surface area contributed by atoms with E-state index >= 15 is 0 Å². The number of benzene rings is 1. The number of aromatic nitrogens is 2. The lowest BCUT2D eigenvalue weighted by atomic mass is 10.3. The molecule has 0 radical (unpaired) electrons. The van der Waals surface area contributed by atoms with Crippen molar-refractivity contribution in [1.29, 1.82) is 0 Å². The fourth-order valence-corrected chi connectivity index (χ4v) is 1.82. The van der Waals surface area contributed by atoms with Crippen LogP contribution >= 0.6 is 11.8 Å². The Kier molecular flexibility index (Phi) is 2.79. The van der Waals surface area contributed by atoms with Crippen LogP contribution in [-0.4, -0.2) is 21.9 Å². The monoisotopic (exact) mass is 250 g/mol. The van der Waals surface area contributed by atoms with E-state index in [0.29, 0.717) is 22.8 Å². The molecule has 86 valence electrons. The number of thioether (sulfide) groups is 1. The standard InChI is InChI=1S/C9H6F4N2S/c10-5-1-2-6-7(3-5)15-8(14-6)16-4-9(11,12)13/h1-3H,4H2,(H,14,15). The minimum Gasteiger partial charge on any atom is -0.333 e. The molecule has 0 saturated heterocycles. The number of rotatable bonds is 2. The summed E-state index contributed by atoms with van der Waals surface area (Å²) >= 11 is 0.545. The van der Waals surface area contributed by atoms with Gasteiger partial charge in [0.15, 0.2) is 5.16 Å². The van der Waals surface area contributed by atoms with Gasteiger partial charge >= 0.3 is 6.18 Å². The van der Waals surface area contributed by atoms with Crippen LogP contribution in [0.15, 0.2) is 23.4 Å². The molecule has 0 atom stereocenters. The number of fused-ring (bicyclic) bond motifs is 1. The smallest absolute Gasteiger partial charge is 0.333 e. The van der Waals surface area contributed by atoms with Gasteiger partial charge < -0.3 is 4.98 Å². The number of nitrogens with one attached hydrogen (secondary N) is 1. The summed E-state index contributed by atoms with van der Waals surface area (Å²) in [6.45, 7) is 0. The third kappa shape index (κ3) is 2.66. The molecular formula is C9H6F4N2S. The Morgan fingerprint density at radius 3 is 2.75 bits per heavy atom. The molecule has 2 nitrogen and oxygen atoms in total. The lowest BCUT2D eigenvalue weighted by molar-refractivity contribution is -0.105. The van der Waals surface area contributed by atoms with Crippen LogP contribution in [0.1, 0.15) is 0 Å². The maximum Gasteiger partial charge on any atom is 0.398 e. The average molecular weight is 250 g/mol. The van der Waals surface area contributed by atoms with Crippen molar-refractivity contribution in [2.45, 2.75) is 11.3 Å². The van der Waals surface area contributed by atoms with Gasteiger partial charge in [0.25, 0.3) is 0 Å². The third-order valence-corrected chi connectivity index (χ3v) is 2.73. The summed E-state index contributed by atoms with van der Waals surface area (Å²) in [7, 11) is 0. The van der Waals surface area contributed by atoms with Crippen LogP contribution in [0.25, 0.3) is 11.0 Å². The van der Waals surface area contributed by atoms with Gasteiger partial charge in [0.1, 0.15) is 5.82 Å². The minimum absolute atomic E-state index is 0.137. The van der Waals surface area contributed by atoms with E-state index in [9.17, 15) is 17.6 Å². The zero-order valence-corrected chi connectivity index (χ0v) is 8.62. The van der Waals surface area contributed by atoms with Crippen LogP contribution in [0.3, 0.4) is 0 Å². The highest BCUT2D eigenvalue weighted by Crippen LogP contribution is 2.26. The number of hydrogen-bond donors (Lipinski definition) is 1. The number of alkyl halides is 3. The van der Waals surface area contributed by atoms with Crippen molar-refractivity contribution in [3.05, 3.63) is 24.0 Å². The van der Waals surface area contributed by atoms with Crippen molar-refractivity contribution in [2.24, 2.45) is 0 Å². The summed E-state index contributed by atoms with van der Waals surface area (Å²) in [5, 5.41) is 0.137. The highest BCUT2D eigenvalue weighted by molar-refractivity contribution is 7.99. The first-order valence-corrected chi connectivity index (χ1v) is 5.27. The largest absolute Gasteiger partial charge is 0.398 e. The molecule has 0 bridgehead atoms. The van der Waals surface area contributed by atoms with Gasteiger partial charge in [-0.2, -0.15) is 13.2 Å². The third-order valence-electron chi connectivity index (χ3n) is 1.80. The van der Waals surface area contributed by atoms with Crippen LogP contribution in [0.5, 0.6) is 0 Å². The Hall–Kier alpha value is -1.24. The Morgan fingerprint density at radius 2 is 2.06 bits per heavy atom. The lowest BCUT2D eigenvalue weighted by Crippen LogP contribution is -2.10. The molecule has 1 aromatic heterocycles. The van der Waals surface area contributed by atoms with Crippen LogP contribution in [0.4, 0.5) is 17.6 Å². The molecule has 16 heavy (non-hydrogen) atoms. The van der Waals surface area contributed by atoms with Crippen molar-refractivity contribution >= 4 is 22.8 Å². The van der Waals surface area contributed by atoms with E-state index in [1.807, 2.05) is 0 Å². The van der Waals surface area contributed by atoms with Crippen molar-refractivity contribution in [1.82, 2.24) is 9.97 Å². The molecule has 0 spiro atoms. The van der Waals surface area contributed by atoms with E-state index in [4.69, 9.17) is 0 Å². The molecule has 2 aromatic rings. The zero-order chi connectivity index (χ0) is 11.8. The number of halogens is 4. The summed E-state index contributed by atoms with van der Waals surface area (Å²) in [6.07, 6.45) is -4.24. The zero-order valence-electron chi connectivity index (χ0n) is 7.81. The second-order valence-electron chi connectivity index (χ2n) is 3.11.